The van der Waals surface area contributed by atoms with Gasteiger partial charge in [-0.1, -0.05) is 19.3 Å². The van der Waals surface area contributed by atoms with E-state index in [4.69, 9.17) is 9.47 Å². The van der Waals surface area contributed by atoms with E-state index in [0.717, 1.165) is 32.1 Å². The molecule has 0 atom stereocenters. The standard InChI is InChI=1S/C17H32O4.H4N2/c1-16(2,3)20-14(18)12-10-8-7-9-11-13-15(19)21-17(4,5)6;1-2/h7-13H2,1-6H3;1-2H2. The normalized spacial score (nSPS) is 11.3. The Kier molecular flexibility index (Phi) is 12.9. The maximum Gasteiger partial charge on any atom is 0.306 e. The van der Waals surface area contributed by atoms with Crippen molar-refractivity contribution in [2.75, 3.05) is 0 Å². The monoisotopic (exact) mass is 332 g/mol. The first-order chi connectivity index (χ1) is 10.5. The van der Waals surface area contributed by atoms with Crippen LogP contribution in [0, 0.1) is 0 Å². The number of rotatable bonds is 8. The number of esters is 2. The van der Waals surface area contributed by atoms with Crippen LogP contribution in [-0.2, 0) is 19.1 Å². The van der Waals surface area contributed by atoms with Crippen molar-refractivity contribution >= 4 is 11.9 Å². The fourth-order valence-electron chi connectivity index (χ4n) is 1.85. The average molecular weight is 332 g/mol. The summed E-state index contributed by atoms with van der Waals surface area (Å²) < 4.78 is 10.5. The Morgan fingerprint density at radius 1 is 0.652 bits per heavy atom. The van der Waals surface area contributed by atoms with Crippen molar-refractivity contribution in [1.82, 2.24) is 0 Å². The fraction of sp³-hybridized carbons (Fsp3) is 0.882. The van der Waals surface area contributed by atoms with Crippen LogP contribution in [0.25, 0.3) is 0 Å². The first kappa shape index (κ1) is 24.1. The highest BCUT2D eigenvalue weighted by Gasteiger charge is 2.16. The largest absolute Gasteiger partial charge is 0.460 e. The minimum absolute atomic E-state index is 0.128. The van der Waals surface area contributed by atoms with Gasteiger partial charge in [-0.25, -0.2) is 0 Å². The summed E-state index contributed by atoms with van der Waals surface area (Å²) in [7, 11) is 0. The lowest BCUT2D eigenvalue weighted by Crippen LogP contribution is -2.23. The van der Waals surface area contributed by atoms with Gasteiger partial charge in [-0.15, -0.1) is 0 Å². The third-order valence-corrected chi connectivity index (χ3v) is 2.60. The summed E-state index contributed by atoms with van der Waals surface area (Å²) in [6.45, 7) is 11.3. The van der Waals surface area contributed by atoms with Crippen LogP contribution < -0.4 is 11.7 Å². The van der Waals surface area contributed by atoms with Crippen molar-refractivity contribution in [2.45, 2.75) is 97.7 Å². The molecule has 0 aliphatic carbocycles. The zero-order valence-corrected chi connectivity index (χ0v) is 15.7. The summed E-state index contributed by atoms with van der Waals surface area (Å²) in [5, 5.41) is 0. The molecule has 0 fully saturated rings. The Bertz CT molecular complexity index is 298. The molecule has 0 spiro atoms. The van der Waals surface area contributed by atoms with Crippen LogP contribution in [0.3, 0.4) is 0 Å². The van der Waals surface area contributed by atoms with Crippen LogP contribution in [-0.4, -0.2) is 23.1 Å². The predicted molar refractivity (Wildman–Crippen MR) is 92.4 cm³/mol. The van der Waals surface area contributed by atoms with Gasteiger partial charge in [0.15, 0.2) is 0 Å². The Balaban J connectivity index is 0. The molecule has 0 aliphatic heterocycles. The van der Waals surface area contributed by atoms with Crippen molar-refractivity contribution in [3.05, 3.63) is 0 Å². The lowest BCUT2D eigenvalue weighted by molar-refractivity contribution is -0.156. The highest BCUT2D eigenvalue weighted by molar-refractivity contribution is 5.70. The van der Waals surface area contributed by atoms with Gasteiger partial charge in [-0.05, 0) is 54.4 Å². The van der Waals surface area contributed by atoms with Crippen molar-refractivity contribution < 1.29 is 19.1 Å². The zero-order chi connectivity index (χ0) is 18.5. The lowest BCUT2D eigenvalue weighted by atomic mass is 10.1. The Hall–Kier alpha value is -1.14. The third kappa shape index (κ3) is 20.9. The van der Waals surface area contributed by atoms with Crippen LogP contribution in [0.4, 0.5) is 0 Å². The maximum atomic E-state index is 11.5. The molecule has 0 heterocycles. The third-order valence-electron chi connectivity index (χ3n) is 2.60. The number of hydrazine groups is 1. The van der Waals surface area contributed by atoms with Gasteiger partial charge < -0.3 is 9.47 Å². The molecule has 0 rings (SSSR count). The van der Waals surface area contributed by atoms with E-state index < -0.39 is 11.2 Å². The number of carbonyl (C=O) groups excluding carboxylic acids is 2. The molecule has 0 saturated carbocycles. The van der Waals surface area contributed by atoms with Crippen molar-refractivity contribution in [2.24, 2.45) is 11.7 Å². The molecule has 0 aromatic carbocycles. The molecular formula is C17H36N2O4. The maximum absolute atomic E-state index is 11.5. The number of nitrogens with two attached hydrogens (primary N) is 2. The van der Waals surface area contributed by atoms with E-state index in [-0.39, 0.29) is 11.9 Å². The van der Waals surface area contributed by atoms with Crippen molar-refractivity contribution in [3.63, 3.8) is 0 Å². The highest BCUT2D eigenvalue weighted by atomic mass is 16.6. The molecule has 0 amide bonds. The fourth-order valence-corrected chi connectivity index (χ4v) is 1.85. The number of unbranched alkanes of at least 4 members (excludes halogenated alkanes) is 4. The summed E-state index contributed by atoms with van der Waals surface area (Å²) in [4.78, 5) is 23.0. The van der Waals surface area contributed by atoms with E-state index in [2.05, 4.69) is 11.7 Å². The SMILES string of the molecule is CC(C)(C)OC(=O)CCCCCCCC(=O)OC(C)(C)C.NN. The molecule has 0 aliphatic rings. The lowest BCUT2D eigenvalue weighted by Gasteiger charge is -2.19. The van der Waals surface area contributed by atoms with Gasteiger partial charge in [0, 0.05) is 12.8 Å². The second-order valence-electron chi connectivity index (χ2n) is 7.44. The van der Waals surface area contributed by atoms with Crippen LogP contribution >= 0.6 is 0 Å². The molecule has 6 nitrogen and oxygen atoms in total. The van der Waals surface area contributed by atoms with E-state index in [1.807, 2.05) is 41.5 Å². The van der Waals surface area contributed by atoms with Gasteiger partial charge in [0.05, 0.1) is 0 Å². The second kappa shape index (κ2) is 12.3. The van der Waals surface area contributed by atoms with E-state index >= 15 is 0 Å². The summed E-state index contributed by atoms with van der Waals surface area (Å²) >= 11 is 0. The van der Waals surface area contributed by atoms with Gasteiger partial charge in [-0.3, -0.25) is 21.3 Å². The predicted octanol–water partition coefficient (Wildman–Crippen LogP) is 3.22. The quantitative estimate of drug-likeness (QED) is 0.306. The van der Waals surface area contributed by atoms with Gasteiger partial charge in [-0.2, -0.15) is 0 Å². The number of ether oxygens (including phenoxy) is 2. The Morgan fingerprint density at radius 2 is 0.913 bits per heavy atom. The average Bonchev–Trinajstić information content (AvgIpc) is 2.35. The smallest absolute Gasteiger partial charge is 0.306 e. The minimum Gasteiger partial charge on any atom is -0.460 e. The molecule has 23 heavy (non-hydrogen) atoms. The van der Waals surface area contributed by atoms with Crippen LogP contribution in [0.1, 0.15) is 86.5 Å². The van der Waals surface area contributed by atoms with Crippen LogP contribution in [0.15, 0.2) is 0 Å². The summed E-state index contributed by atoms with van der Waals surface area (Å²) in [6, 6.07) is 0. The Morgan fingerprint density at radius 3 is 1.17 bits per heavy atom. The molecule has 6 heteroatoms. The van der Waals surface area contributed by atoms with Gasteiger partial charge in [0.1, 0.15) is 11.2 Å². The first-order valence-corrected chi connectivity index (χ1v) is 8.27. The summed E-state index contributed by atoms with van der Waals surface area (Å²) in [5.41, 5.74) is -0.797. The molecule has 0 radical (unpaired) electrons. The Labute approximate surface area is 141 Å². The van der Waals surface area contributed by atoms with E-state index in [1.165, 1.54) is 0 Å². The molecule has 4 N–H and O–H groups in total. The number of carbonyl (C=O) groups is 2. The van der Waals surface area contributed by atoms with E-state index in [1.54, 1.807) is 0 Å². The van der Waals surface area contributed by atoms with E-state index in [0.29, 0.717) is 12.8 Å². The van der Waals surface area contributed by atoms with Crippen LogP contribution in [0.5, 0.6) is 0 Å². The van der Waals surface area contributed by atoms with Crippen molar-refractivity contribution in [1.29, 1.82) is 0 Å². The zero-order valence-electron chi connectivity index (χ0n) is 15.7. The molecule has 0 aromatic rings. The molecule has 0 saturated heterocycles. The summed E-state index contributed by atoms with van der Waals surface area (Å²) in [5.74, 6) is 7.74. The van der Waals surface area contributed by atoms with E-state index in [9.17, 15) is 9.59 Å². The molecule has 0 aromatic heterocycles. The number of hydrogen-bond acceptors (Lipinski definition) is 6. The topological polar surface area (TPSA) is 105 Å². The van der Waals surface area contributed by atoms with Crippen molar-refractivity contribution in [3.8, 4) is 0 Å². The molecule has 138 valence electrons. The first-order valence-electron chi connectivity index (χ1n) is 8.27. The second-order valence-corrected chi connectivity index (χ2v) is 7.44. The minimum atomic E-state index is -0.398. The van der Waals surface area contributed by atoms with Crippen LogP contribution in [0.2, 0.25) is 0 Å². The molecule has 0 bridgehead atoms. The van der Waals surface area contributed by atoms with Gasteiger partial charge in [0.25, 0.3) is 0 Å². The highest BCUT2D eigenvalue weighted by Crippen LogP contribution is 2.13. The number of hydrogen-bond donors (Lipinski definition) is 2. The molecule has 0 unspecified atom stereocenters. The van der Waals surface area contributed by atoms with Gasteiger partial charge >= 0.3 is 11.9 Å². The molecular weight excluding hydrogens is 296 g/mol. The van der Waals surface area contributed by atoms with Gasteiger partial charge in [0.2, 0.25) is 0 Å². The summed E-state index contributed by atoms with van der Waals surface area (Å²) in [6.07, 6.45) is 5.67.